The predicted molar refractivity (Wildman–Crippen MR) is 116 cm³/mol. The monoisotopic (exact) mass is 406 g/mol. The summed E-state index contributed by atoms with van der Waals surface area (Å²) in [6, 6.07) is 16.7. The molecule has 148 valence electrons. The van der Waals surface area contributed by atoms with Crippen molar-refractivity contribution < 1.29 is 9.59 Å². The summed E-state index contributed by atoms with van der Waals surface area (Å²) in [5.74, 6) is 0.572. The summed E-state index contributed by atoms with van der Waals surface area (Å²) in [5.41, 5.74) is 2.43. The minimum Gasteiger partial charge on any atom is -0.353 e. The van der Waals surface area contributed by atoms with Gasteiger partial charge in [-0.05, 0) is 31.0 Å². The van der Waals surface area contributed by atoms with Crippen molar-refractivity contribution in [1.82, 2.24) is 10.2 Å². The van der Waals surface area contributed by atoms with Crippen molar-refractivity contribution in [3.05, 3.63) is 65.7 Å². The van der Waals surface area contributed by atoms with E-state index in [4.69, 9.17) is 4.99 Å². The van der Waals surface area contributed by atoms with Gasteiger partial charge in [0.15, 0.2) is 11.2 Å². The van der Waals surface area contributed by atoms with Gasteiger partial charge in [-0.3, -0.25) is 9.59 Å². The number of hydrogen-bond donors (Lipinski definition) is 1. The number of aliphatic imine (C=N–C) groups is 2. The molecule has 6 nitrogen and oxygen atoms in total. The second-order valence-corrected chi connectivity index (χ2v) is 7.96. The fraction of sp³-hybridized carbons (Fsp3) is 0.273. The Morgan fingerprint density at radius 2 is 1.90 bits per heavy atom. The van der Waals surface area contributed by atoms with Crippen LogP contribution in [0.5, 0.6) is 0 Å². The minimum atomic E-state index is -0.600. The maximum Gasteiger partial charge on any atom is 0.263 e. The van der Waals surface area contributed by atoms with E-state index in [1.165, 1.54) is 11.8 Å². The van der Waals surface area contributed by atoms with Gasteiger partial charge in [0.25, 0.3) is 5.91 Å². The molecule has 7 heteroatoms. The molecule has 0 aliphatic carbocycles. The molecular formula is C22H22N4O2S. The molecule has 0 radical (unpaired) electrons. The predicted octanol–water partition coefficient (Wildman–Crippen LogP) is 3.67. The molecule has 4 rings (SSSR count). The lowest BCUT2D eigenvalue weighted by atomic mass is 10.1. The standard InChI is InChI=1S/C22H22N4O2S/c1-3-14(2)23-18(27)13-29-22-24-17-12-8-7-11-16(17)20-25-19(21(28)26(20)22)15-9-5-4-6-10-15/h4-12,14,19H,3,13H2,1-2H3,(H,23,27)/t14-,19+/m1/s1. The molecule has 0 saturated heterocycles. The molecule has 1 N–H and O–H groups in total. The van der Waals surface area contributed by atoms with E-state index in [-0.39, 0.29) is 23.6 Å². The highest BCUT2D eigenvalue weighted by atomic mass is 32.2. The molecule has 2 aliphatic heterocycles. The fourth-order valence-corrected chi connectivity index (χ4v) is 4.06. The van der Waals surface area contributed by atoms with Gasteiger partial charge >= 0.3 is 0 Å². The van der Waals surface area contributed by atoms with Crippen LogP contribution in [0.1, 0.15) is 37.4 Å². The molecule has 0 saturated carbocycles. The molecular weight excluding hydrogens is 384 g/mol. The summed E-state index contributed by atoms with van der Waals surface area (Å²) in [6.07, 6.45) is 0.866. The highest BCUT2D eigenvalue weighted by Gasteiger charge is 2.42. The van der Waals surface area contributed by atoms with Crippen LogP contribution in [-0.4, -0.2) is 39.5 Å². The Morgan fingerprint density at radius 1 is 1.17 bits per heavy atom. The van der Waals surface area contributed by atoms with Crippen LogP contribution in [0.15, 0.2) is 64.6 Å². The molecule has 2 atom stereocenters. The smallest absolute Gasteiger partial charge is 0.263 e. The molecule has 0 spiro atoms. The normalized spacial score (nSPS) is 18.5. The van der Waals surface area contributed by atoms with Crippen molar-refractivity contribution in [2.75, 3.05) is 5.75 Å². The number of para-hydroxylation sites is 1. The molecule has 2 aromatic rings. The topological polar surface area (TPSA) is 74.1 Å². The van der Waals surface area contributed by atoms with E-state index in [2.05, 4.69) is 10.3 Å². The maximum atomic E-state index is 13.2. The Morgan fingerprint density at radius 3 is 2.66 bits per heavy atom. The van der Waals surface area contributed by atoms with Crippen LogP contribution in [0.4, 0.5) is 5.69 Å². The highest BCUT2D eigenvalue weighted by molar-refractivity contribution is 8.14. The number of benzene rings is 2. The van der Waals surface area contributed by atoms with Gasteiger partial charge in [-0.15, -0.1) is 0 Å². The second kappa shape index (κ2) is 8.21. The first-order valence-corrected chi connectivity index (χ1v) is 10.6. The van der Waals surface area contributed by atoms with Gasteiger partial charge in [-0.2, -0.15) is 0 Å². The molecule has 0 bridgehead atoms. The van der Waals surface area contributed by atoms with E-state index in [1.54, 1.807) is 4.90 Å². The van der Waals surface area contributed by atoms with Gasteiger partial charge < -0.3 is 5.32 Å². The summed E-state index contributed by atoms with van der Waals surface area (Å²) in [4.78, 5) is 36.4. The summed E-state index contributed by atoms with van der Waals surface area (Å²) in [5, 5.41) is 3.44. The third-order valence-corrected chi connectivity index (χ3v) is 5.88. The number of nitrogens with zero attached hydrogens (tertiary/aromatic N) is 3. The van der Waals surface area contributed by atoms with Crippen molar-refractivity contribution in [1.29, 1.82) is 0 Å². The summed E-state index contributed by atoms with van der Waals surface area (Å²) in [7, 11) is 0. The van der Waals surface area contributed by atoms with Crippen LogP contribution in [0, 0.1) is 0 Å². The number of amides is 2. The first-order valence-electron chi connectivity index (χ1n) is 9.65. The Kier molecular flexibility index (Phi) is 5.49. The third-order valence-electron chi connectivity index (χ3n) is 4.94. The molecule has 0 aromatic heterocycles. The van der Waals surface area contributed by atoms with Gasteiger partial charge in [0.1, 0.15) is 5.84 Å². The lowest BCUT2D eigenvalue weighted by molar-refractivity contribution is -0.124. The Labute approximate surface area is 174 Å². The molecule has 29 heavy (non-hydrogen) atoms. The van der Waals surface area contributed by atoms with Crippen LogP contribution in [0.25, 0.3) is 0 Å². The number of nitrogens with one attached hydrogen (secondary N) is 1. The molecule has 2 amide bonds. The zero-order chi connectivity index (χ0) is 20.4. The van der Waals surface area contributed by atoms with E-state index < -0.39 is 6.04 Å². The number of carbonyl (C=O) groups is 2. The van der Waals surface area contributed by atoms with Gasteiger partial charge in [0.05, 0.1) is 11.4 Å². The van der Waals surface area contributed by atoms with Crippen molar-refractivity contribution in [3.8, 4) is 0 Å². The first kappa shape index (κ1) is 19.4. The summed E-state index contributed by atoms with van der Waals surface area (Å²) >= 11 is 1.26. The van der Waals surface area contributed by atoms with Crippen LogP contribution in [-0.2, 0) is 9.59 Å². The molecule has 2 heterocycles. The largest absolute Gasteiger partial charge is 0.353 e. The number of hydrogen-bond acceptors (Lipinski definition) is 5. The zero-order valence-electron chi connectivity index (χ0n) is 16.3. The highest BCUT2D eigenvalue weighted by Crippen LogP contribution is 2.37. The van der Waals surface area contributed by atoms with Crippen LogP contribution >= 0.6 is 11.8 Å². The van der Waals surface area contributed by atoms with Crippen molar-refractivity contribution in [2.24, 2.45) is 9.98 Å². The second-order valence-electron chi connectivity index (χ2n) is 7.02. The van der Waals surface area contributed by atoms with Crippen molar-refractivity contribution in [2.45, 2.75) is 32.4 Å². The third kappa shape index (κ3) is 3.82. The fourth-order valence-electron chi connectivity index (χ4n) is 3.25. The maximum absolute atomic E-state index is 13.2. The Bertz CT molecular complexity index is 1000. The van der Waals surface area contributed by atoms with Crippen molar-refractivity contribution >= 4 is 40.3 Å². The zero-order valence-corrected chi connectivity index (χ0v) is 17.1. The van der Waals surface area contributed by atoms with E-state index in [9.17, 15) is 9.59 Å². The lowest BCUT2D eigenvalue weighted by Crippen LogP contribution is -2.41. The van der Waals surface area contributed by atoms with E-state index in [1.807, 2.05) is 68.4 Å². The van der Waals surface area contributed by atoms with E-state index in [0.29, 0.717) is 11.0 Å². The van der Waals surface area contributed by atoms with Gasteiger partial charge in [-0.25, -0.2) is 14.9 Å². The molecule has 2 aliphatic rings. The molecule has 2 aromatic carbocycles. The van der Waals surface area contributed by atoms with Crippen LogP contribution in [0.2, 0.25) is 0 Å². The van der Waals surface area contributed by atoms with Gasteiger partial charge in [-0.1, -0.05) is 61.2 Å². The quantitative estimate of drug-likeness (QED) is 0.823. The van der Waals surface area contributed by atoms with Gasteiger partial charge in [0, 0.05) is 11.6 Å². The van der Waals surface area contributed by atoms with E-state index in [0.717, 1.165) is 23.2 Å². The first-order chi connectivity index (χ1) is 14.1. The number of rotatable bonds is 5. The summed E-state index contributed by atoms with van der Waals surface area (Å²) in [6.45, 7) is 3.99. The van der Waals surface area contributed by atoms with Crippen molar-refractivity contribution in [3.63, 3.8) is 0 Å². The average molecular weight is 407 g/mol. The molecule has 0 unspecified atom stereocenters. The molecule has 0 fully saturated rings. The average Bonchev–Trinajstić information content (AvgIpc) is 3.10. The van der Waals surface area contributed by atoms with Gasteiger partial charge in [0.2, 0.25) is 5.91 Å². The number of thioether (sulfide) groups is 1. The Hall–Kier alpha value is -2.93. The van der Waals surface area contributed by atoms with E-state index >= 15 is 0 Å². The SMILES string of the molecule is CC[C@@H](C)NC(=O)CSC1=Nc2ccccc2C2=N[C@@H](c3ccccc3)C(=O)N12. The lowest BCUT2D eigenvalue weighted by Gasteiger charge is -2.25. The van der Waals surface area contributed by atoms with Crippen LogP contribution in [0.3, 0.4) is 0 Å². The summed E-state index contributed by atoms with van der Waals surface area (Å²) < 4.78 is 0. The minimum absolute atomic E-state index is 0.0735. The Balaban J connectivity index is 1.64. The van der Waals surface area contributed by atoms with Crippen LogP contribution < -0.4 is 5.32 Å². The number of fused-ring (bicyclic) bond motifs is 3. The number of amidine groups is 2. The number of carbonyl (C=O) groups excluding carboxylic acids is 2.